The average Bonchev–Trinajstić information content (AvgIpc) is 3.50. The zero-order valence-corrected chi connectivity index (χ0v) is 24.9. The van der Waals surface area contributed by atoms with E-state index in [4.69, 9.17) is 21.4 Å². The number of carboxylic acid groups (broad SMARTS) is 1. The number of carboxylic acids is 1. The third-order valence-corrected chi connectivity index (χ3v) is 7.47. The van der Waals surface area contributed by atoms with Crippen LogP contribution in [0.4, 0.5) is 23.2 Å². The highest BCUT2D eigenvalue weighted by Gasteiger charge is 2.38. The number of aromatic nitrogens is 2. The fourth-order valence-electron chi connectivity index (χ4n) is 4.14. The van der Waals surface area contributed by atoms with Crippen molar-refractivity contribution in [1.29, 1.82) is 0 Å². The normalized spacial score (nSPS) is 12.5. The maximum absolute atomic E-state index is 13.3. The van der Waals surface area contributed by atoms with E-state index in [1.165, 1.54) is 23.5 Å². The number of amides is 2. The molecular weight excluding hydrogens is 616 g/mol. The fourth-order valence-corrected chi connectivity index (χ4v) is 5.03. The molecule has 0 bridgehead atoms. The summed E-state index contributed by atoms with van der Waals surface area (Å²) in [5.74, 6) is -3.78. The number of carbonyl (C=O) groups is 3. The van der Waals surface area contributed by atoms with Crippen LogP contribution >= 0.6 is 11.3 Å². The van der Waals surface area contributed by atoms with Crippen LogP contribution < -0.4 is 22.1 Å². The second-order valence-electron chi connectivity index (χ2n) is 9.80. The maximum Gasteiger partial charge on any atom is 0.490 e. The topological polar surface area (TPSA) is 173 Å². The van der Waals surface area contributed by atoms with Crippen LogP contribution in [0.3, 0.4) is 0 Å². The van der Waals surface area contributed by atoms with Gasteiger partial charge in [0, 0.05) is 10.8 Å². The lowest BCUT2D eigenvalue weighted by molar-refractivity contribution is -0.192. The number of pyridine rings is 1. The summed E-state index contributed by atoms with van der Waals surface area (Å²) in [6.07, 6.45) is -1.19. The molecule has 2 heterocycles. The number of nitrogens with one attached hydrogen (secondary N) is 2. The van der Waals surface area contributed by atoms with Gasteiger partial charge < -0.3 is 27.2 Å². The predicted octanol–water partition coefficient (Wildman–Crippen LogP) is 4.74. The summed E-state index contributed by atoms with van der Waals surface area (Å²) in [7, 11) is 0. The van der Waals surface area contributed by atoms with E-state index in [1.807, 2.05) is 24.3 Å². The molecular formula is C30H32F4N6O4S. The Morgan fingerprint density at radius 2 is 1.78 bits per heavy atom. The summed E-state index contributed by atoms with van der Waals surface area (Å²) in [5.41, 5.74) is 15.3. The molecule has 0 unspecified atom stereocenters. The van der Waals surface area contributed by atoms with Crippen LogP contribution in [0.1, 0.15) is 52.4 Å². The van der Waals surface area contributed by atoms with E-state index in [0.29, 0.717) is 36.5 Å². The molecule has 0 spiro atoms. The Labute approximate surface area is 259 Å². The Balaban J connectivity index is 0.000000707. The number of thiazole rings is 1. The van der Waals surface area contributed by atoms with Crippen molar-refractivity contribution in [2.45, 2.75) is 50.9 Å². The Kier molecular flexibility index (Phi) is 12.5. The monoisotopic (exact) mass is 648 g/mol. The standard InChI is InChI=1S/C28H31FN6O2S.C2HF3O2/c1-2-18-4-3-5-23-21(18)14-20(15-32-23)33-27(37)25-16-38-28(35-25)24(34-26(36)22(31)12-13-30)11-8-17-6-9-19(29)10-7-17;3-2(4,5)1(6)7/h3-7,9-10,14-16,22,24H,2,8,11-13,30-31H2,1H3,(H,33,37)(H,34,36);(H,6,7)/t22-,24-;/m1./s1. The second-order valence-corrected chi connectivity index (χ2v) is 10.7. The fraction of sp³-hybridized carbons (Fsp3) is 0.300. The van der Waals surface area contributed by atoms with Gasteiger partial charge in [-0.05, 0) is 67.6 Å². The highest BCUT2D eigenvalue weighted by molar-refractivity contribution is 7.10. The number of rotatable bonds is 11. The van der Waals surface area contributed by atoms with Crippen LogP contribution in [-0.2, 0) is 22.4 Å². The summed E-state index contributed by atoms with van der Waals surface area (Å²) in [6.45, 7) is 2.37. The molecule has 2 amide bonds. The number of hydrogen-bond acceptors (Lipinski definition) is 8. The number of benzene rings is 2. The number of halogens is 4. The zero-order chi connectivity index (χ0) is 33.1. The van der Waals surface area contributed by atoms with Crippen molar-refractivity contribution < 1.29 is 37.1 Å². The van der Waals surface area contributed by atoms with Crippen LogP contribution in [0.15, 0.2) is 60.1 Å². The first kappa shape index (κ1) is 35.0. The molecule has 0 aliphatic heterocycles. The number of aryl methyl sites for hydroxylation is 2. The van der Waals surface area contributed by atoms with Gasteiger partial charge in [-0.15, -0.1) is 11.3 Å². The quantitative estimate of drug-likeness (QED) is 0.145. The van der Waals surface area contributed by atoms with Gasteiger partial charge in [-0.1, -0.05) is 31.2 Å². The molecule has 0 aliphatic rings. The number of carbonyl (C=O) groups excluding carboxylic acids is 2. The van der Waals surface area contributed by atoms with E-state index >= 15 is 0 Å². The smallest absolute Gasteiger partial charge is 0.475 e. The van der Waals surface area contributed by atoms with Gasteiger partial charge in [0.1, 0.15) is 16.5 Å². The minimum atomic E-state index is -5.08. The van der Waals surface area contributed by atoms with Crippen LogP contribution in [0.5, 0.6) is 0 Å². The lowest BCUT2D eigenvalue weighted by Crippen LogP contribution is -2.43. The van der Waals surface area contributed by atoms with Crippen molar-refractivity contribution >= 4 is 45.7 Å². The first-order valence-electron chi connectivity index (χ1n) is 13.8. The van der Waals surface area contributed by atoms with Gasteiger partial charge in [0.05, 0.1) is 29.5 Å². The molecule has 0 saturated carbocycles. The Bertz CT molecular complexity index is 1610. The van der Waals surface area contributed by atoms with E-state index in [-0.39, 0.29) is 23.3 Å². The molecule has 0 radical (unpaired) electrons. The lowest BCUT2D eigenvalue weighted by atomic mass is 10.0. The number of nitrogens with zero attached hydrogens (tertiary/aromatic N) is 2. The van der Waals surface area contributed by atoms with Gasteiger partial charge in [0.2, 0.25) is 5.91 Å². The van der Waals surface area contributed by atoms with Crippen molar-refractivity contribution in [3.8, 4) is 0 Å². The first-order valence-corrected chi connectivity index (χ1v) is 14.6. The molecule has 2 atom stereocenters. The van der Waals surface area contributed by atoms with Gasteiger partial charge in [0.25, 0.3) is 5.91 Å². The molecule has 4 rings (SSSR count). The average molecular weight is 649 g/mol. The minimum Gasteiger partial charge on any atom is -0.475 e. The Morgan fingerprint density at radius 3 is 2.40 bits per heavy atom. The summed E-state index contributed by atoms with van der Waals surface area (Å²) >= 11 is 1.28. The molecule has 240 valence electrons. The van der Waals surface area contributed by atoms with Gasteiger partial charge in [-0.3, -0.25) is 14.6 Å². The Morgan fingerprint density at radius 1 is 1.09 bits per heavy atom. The van der Waals surface area contributed by atoms with E-state index in [0.717, 1.165) is 28.5 Å². The molecule has 10 nitrogen and oxygen atoms in total. The molecule has 4 aromatic rings. The molecule has 0 aliphatic carbocycles. The summed E-state index contributed by atoms with van der Waals surface area (Å²) in [6, 6.07) is 12.9. The minimum absolute atomic E-state index is 0.237. The molecule has 0 saturated heterocycles. The van der Waals surface area contributed by atoms with Crippen molar-refractivity contribution in [2.75, 3.05) is 11.9 Å². The van der Waals surface area contributed by atoms with E-state index in [9.17, 15) is 27.2 Å². The SMILES string of the molecule is CCc1cccc2ncc(NC(=O)c3csc([C@@H](CCc4ccc(F)cc4)NC(=O)[C@H](N)CCN)n3)cc12.O=C(O)C(F)(F)F. The number of fused-ring (bicyclic) bond motifs is 1. The van der Waals surface area contributed by atoms with Gasteiger partial charge in [-0.25, -0.2) is 14.2 Å². The number of hydrogen-bond donors (Lipinski definition) is 5. The van der Waals surface area contributed by atoms with Crippen LogP contribution in [0.2, 0.25) is 0 Å². The second kappa shape index (κ2) is 16.0. The highest BCUT2D eigenvalue weighted by atomic mass is 32.1. The van der Waals surface area contributed by atoms with Crippen molar-refractivity contribution in [1.82, 2.24) is 15.3 Å². The molecule has 2 aromatic heterocycles. The van der Waals surface area contributed by atoms with Crippen molar-refractivity contribution in [3.05, 3.63) is 87.8 Å². The lowest BCUT2D eigenvalue weighted by Gasteiger charge is -2.19. The zero-order valence-electron chi connectivity index (χ0n) is 24.1. The summed E-state index contributed by atoms with van der Waals surface area (Å²) in [4.78, 5) is 43.6. The van der Waals surface area contributed by atoms with Crippen molar-refractivity contribution in [2.24, 2.45) is 11.5 Å². The van der Waals surface area contributed by atoms with E-state index < -0.39 is 24.2 Å². The maximum atomic E-state index is 13.3. The number of aliphatic carboxylic acids is 1. The molecule has 15 heteroatoms. The third kappa shape index (κ3) is 10.3. The van der Waals surface area contributed by atoms with Crippen LogP contribution in [0, 0.1) is 5.82 Å². The number of nitrogens with two attached hydrogens (primary N) is 2. The molecule has 0 fully saturated rings. The Hall–Kier alpha value is -4.47. The number of alkyl halides is 3. The number of anilines is 1. The van der Waals surface area contributed by atoms with Crippen LogP contribution in [0.25, 0.3) is 10.9 Å². The van der Waals surface area contributed by atoms with Crippen LogP contribution in [-0.4, -0.2) is 51.6 Å². The van der Waals surface area contributed by atoms with Crippen molar-refractivity contribution in [3.63, 3.8) is 0 Å². The predicted molar refractivity (Wildman–Crippen MR) is 162 cm³/mol. The van der Waals surface area contributed by atoms with E-state index in [1.54, 1.807) is 23.7 Å². The van der Waals surface area contributed by atoms with E-state index in [2.05, 4.69) is 27.5 Å². The largest absolute Gasteiger partial charge is 0.490 e. The molecule has 2 aromatic carbocycles. The summed E-state index contributed by atoms with van der Waals surface area (Å²) < 4.78 is 45.0. The molecule has 7 N–H and O–H groups in total. The third-order valence-electron chi connectivity index (χ3n) is 6.52. The van der Waals surface area contributed by atoms with Gasteiger partial charge in [-0.2, -0.15) is 13.2 Å². The first-order chi connectivity index (χ1) is 21.3. The van der Waals surface area contributed by atoms with Gasteiger partial charge in [0.15, 0.2) is 0 Å². The van der Waals surface area contributed by atoms with Gasteiger partial charge >= 0.3 is 12.1 Å². The summed E-state index contributed by atoms with van der Waals surface area (Å²) in [5, 5.41) is 16.2. The molecule has 45 heavy (non-hydrogen) atoms. The highest BCUT2D eigenvalue weighted by Crippen LogP contribution is 2.25.